The molecule has 0 spiro atoms. The van der Waals surface area contributed by atoms with Gasteiger partial charge in [0.15, 0.2) is 22.1 Å². The summed E-state index contributed by atoms with van der Waals surface area (Å²) in [6.07, 6.45) is 0. The monoisotopic (exact) mass is 492 g/mol. The lowest BCUT2D eigenvalue weighted by Crippen LogP contribution is -2.29. The second kappa shape index (κ2) is 8.74. The van der Waals surface area contributed by atoms with E-state index in [1.54, 1.807) is 44.6 Å². The van der Waals surface area contributed by atoms with E-state index in [2.05, 4.69) is 4.98 Å². The van der Waals surface area contributed by atoms with Crippen molar-refractivity contribution in [2.75, 3.05) is 25.7 Å². The molecule has 5 rings (SSSR count). The zero-order chi connectivity index (χ0) is 24.9. The molecule has 2 aromatic carbocycles. The van der Waals surface area contributed by atoms with Crippen LogP contribution in [-0.2, 0) is 0 Å². The van der Waals surface area contributed by atoms with Crippen molar-refractivity contribution < 1.29 is 23.4 Å². The minimum absolute atomic E-state index is 0.00133. The first-order valence-electron chi connectivity index (χ1n) is 11.1. The van der Waals surface area contributed by atoms with Gasteiger partial charge in [-0.25, -0.2) is 4.98 Å². The number of aromatic nitrogens is 1. The number of benzene rings is 2. The number of thiazole rings is 1. The first-order valence-corrected chi connectivity index (χ1v) is 11.9. The molecule has 2 aromatic heterocycles. The number of carbonyl (C=O) groups excluding carboxylic acids is 1. The maximum absolute atomic E-state index is 13.8. The molecule has 180 valence electrons. The molecule has 0 aliphatic carbocycles. The first-order chi connectivity index (χ1) is 16.9. The normalized spacial score (nSPS) is 14.9. The summed E-state index contributed by atoms with van der Waals surface area (Å²) in [6, 6.07) is 9.63. The maximum atomic E-state index is 13.8. The Labute approximate surface area is 205 Å². The molecular formula is C26H24N2O6S. The van der Waals surface area contributed by atoms with Gasteiger partial charge in [-0.2, -0.15) is 0 Å². The van der Waals surface area contributed by atoms with Crippen LogP contribution in [0.1, 0.15) is 45.2 Å². The van der Waals surface area contributed by atoms with Gasteiger partial charge in [0.25, 0.3) is 5.91 Å². The lowest BCUT2D eigenvalue weighted by Gasteiger charge is -2.23. The summed E-state index contributed by atoms with van der Waals surface area (Å²) < 4.78 is 22.5. The van der Waals surface area contributed by atoms with Crippen LogP contribution in [0.3, 0.4) is 0 Å². The summed E-state index contributed by atoms with van der Waals surface area (Å²) in [6.45, 7) is 6.18. The van der Waals surface area contributed by atoms with Gasteiger partial charge in [0.1, 0.15) is 11.3 Å². The van der Waals surface area contributed by atoms with E-state index >= 15 is 0 Å². The number of amides is 1. The number of fused-ring (bicyclic) bond motifs is 2. The lowest BCUT2D eigenvalue weighted by molar-refractivity contribution is 0.0971. The molecular weight excluding hydrogens is 468 g/mol. The van der Waals surface area contributed by atoms with Crippen molar-refractivity contribution in [3.8, 4) is 17.2 Å². The fourth-order valence-corrected chi connectivity index (χ4v) is 5.24. The van der Waals surface area contributed by atoms with Gasteiger partial charge < -0.3 is 18.6 Å². The summed E-state index contributed by atoms with van der Waals surface area (Å²) in [4.78, 5) is 34.7. The summed E-state index contributed by atoms with van der Waals surface area (Å²) in [5.74, 6) is 1.18. The topological polar surface area (TPSA) is 91.1 Å². The van der Waals surface area contributed by atoms with Crippen molar-refractivity contribution in [2.24, 2.45) is 0 Å². The molecule has 9 heteroatoms. The maximum Gasteiger partial charge on any atom is 0.297 e. The SMILES string of the molecule is CCOc1ccc2c(=O)c3c(oc2c1)C(=O)N(c1nc(C)c(C)s1)C3c1ccc(OC)c(OC)c1. The smallest absolute Gasteiger partial charge is 0.297 e. The molecule has 0 N–H and O–H groups in total. The Balaban J connectivity index is 1.78. The van der Waals surface area contributed by atoms with E-state index in [0.717, 1.165) is 10.6 Å². The quantitative estimate of drug-likeness (QED) is 0.373. The van der Waals surface area contributed by atoms with Crippen molar-refractivity contribution in [3.05, 3.63) is 74.1 Å². The largest absolute Gasteiger partial charge is 0.494 e. The van der Waals surface area contributed by atoms with Crippen LogP contribution < -0.4 is 24.5 Å². The van der Waals surface area contributed by atoms with E-state index < -0.39 is 11.9 Å². The van der Waals surface area contributed by atoms with Crippen molar-refractivity contribution in [1.82, 2.24) is 4.98 Å². The van der Waals surface area contributed by atoms with E-state index in [0.29, 0.717) is 45.5 Å². The Bertz CT molecular complexity index is 1500. The van der Waals surface area contributed by atoms with Gasteiger partial charge in [-0.3, -0.25) is 14.5 Å². The highest BCUT2D eigenvalue weighted by molar-refractivity contribution is 7.15. The third kappa shape index (κ3) is 3.63. The molecule has 1 aliphatic heterocycles. The molecule has 1 amide bonds. The van der Waals surface area contributed by atoms with Gasteiger partial charge in [-0.15, -0.1) is 11.3 Å². The zero-order valence-corrected chi connectivity index (χ0v) is 20.8. The Morgan fingerprint density at radius 2 is 1.83 bits per heavy atom. The minimum Gasteiger partial charge on any atom is -0.494 e. The fraction of sp³-hybridized carbons (Fsp3) is 0.269. The molecule has 0 saturated carbocycles. The van der Waals surface area contributed by atoms with Crippen molar-refractivity contribution in [2.45, 2.75) is 26.8 Å². The number of hydrogen-bond donors (Lipinski definition) is 0. The van der Waals surface area contributed by atoms with Crippen LogP contribution in [-0.4, -0.2) is 31.7 Å². The molecule has 35 heavy (non-hydrogen) atoms. The van der Waals surface area contributed by atoms with Crippen LogP contribution in [0.25, 0.3) is 11.0 Å². The average Bonchev–Trinajstić information content (AvgIpc) is 3.34. The van der Waals surface area contributed by atoms with Crippen LogP contribution in [0.4, 0.5) is 5.13 Å². The molecule has 1 aliphatic rings. The average molecular weight is 493 g/mol. The van der Waals surface area contributed by atoms with Gasteiger partial charge in [0, 0.05) is 10.9 Å². The second-order valence-corrected chi connectivity index (χ2v) is 9.28. The molecule has 0 radical (unpaired) electrons. The van der Waals surface area contributed by atoms with Crippen molar-refractivity contribution in [1.29, 1.82) is 0 Å². The third-order valence-corrected chi connectivity index (χ3v) is 7.17. The number of anilines is 1. The van der Waals surface area contributed by atoms with Crippen molar-refractivity contribution in [3.63, 3.8) is 0 Å². The number of ether oxygens (including phenoxy) is 3. The predicted molar refractivity (Wildman–Crippen MR) is 133 cm³/mol. The van der Waals surface area contributed by atoms with Gasteiger partial charge in [-0.05, 0) is 50.6 Å². The van der Waals surface area contributed by atoms with Crippen LogP contribution in [0.15, 0.2) is 45.6 Å². The first kappa shape index (κ1) is 22.9. The van der Waals surface area contributed by atoms with Gasteiger partial charge in [0.2, 0.25) is 5.76 Å². The summed E-state index contributed by atoms with van der Waals surface area (Å²) in [5, 5.41) is 0.869. The second-order valence-electron chi connectivity index (χ2n) is 8.10. The summed E-state index contributed by atoms with van der Waals surface area (Å²) in [7, 11) is 3.09. The number of nitrogens with zero attached hydrogens (tertiary/aromatic N) is 2. The summed E-state index contributed by atoms with van der Waals surface area (Å²) >= 11 is 1.40. The highest BCUT2D eigenvalue weighted by Gasteiger charge is 2.45. The highest BCUT2D eigenvalue weighted by atomic mass is 32.1. The fourth-order valence-electron chi connectivity index (χ4n) is 4.30. The Kier molecular flexibility index (Phi) is 5.72. The molecule has 8 nitrogen and oxygen atoms in total. The molecule has 1 atom stereocenters. The van der Waals surface area contributed by atoms with E-state index in [4.69, 9.17) is 18.6 Å². The molecule has 0 fully saturated rings. The molecule has 4 aromatic rings. The summed E-state index contributed by atoms with van der Waals surface area (Å²) in [5.41, 5.74) is 1.80. The third-order valence-electron chi connectivity index (χ3n) is 6.10. The molecule has 0 saturated heterocycles. The van der Waals surface area contributed by atoms with E-state index in [1.807, 2.05) is 26.8 Å². The van der Waals surface area contributed by atoms with E-state index in [9.17, 15) is 9.59 Å². The molecule has 3 heterocycles. The van der Waals surface area contributed by atoms with Gasteiger partial charge >= 0.3 is 0 Å². The number of carbonyl (C=O) groups is 1. The number of rotatable bonds is 6. The zero-order valence-electron chi connectivity index (χ0n) is 20.0. The lowest BCUT2D eigenvalue weighted by atomic mass is 9.98. The number of methoxy groups -OCH3 is 2. The van der Waals surface area contributed by atoms with Crippen LogP contribution >= 0.6 is 11.3 Å². The van der Waals surface area contributed by atoms with Crippen LogP contribution in [0, 0.1) is 13.8 Å². The van der Waals surface area contributed by atoms with Crippen LogP contribution in [0.2, 0.25) is 0 Å². The number of hydrogen-bond acceptors (Lipinski definition) is 8. The predicted octanol–water partition coefficient (Wildman–Crippen LogP) is 5.03. The standard InChI is InChI=1S/C26H24N2O6S/c1-6-33-16-8-9-17-19(12-16)34-24-21(23(17)29)22(15-7-10-18(31-4)20(11-15)32-5)28(25(24)30)26-27-13(2)14(3)35-26/h7-12,22H,6H2,1-5H3. The van der Waals surface area contributed by atoms with Gasteiger partial charge in [-0.1, -0.05) is 6.07 Å². The molecule has 0 bridgehead atoms. The highest BCUT2D eigenvalue weighted by Crippen LogP contribution is 2.44. The van der Waals surface area contributed by atoms with Gasteiger partial charge in [0.05, 0.1) is 43.5 Å². The van der Waals surface area contributed by atoms with Crippen molar-refractivity contribution >= 4 is 33.3 Å². The van der Waals surface area contributed by atoms with Crippen LogP contribution in [0.5, 0.6) is 17.2 Å². The Morgan fingerprint density at radius 3 is 2.49 bits per heavy atom. The Hall–Kier alpha value is -3.85. The molecule has 1 unspecified atom stereocenters. The minimum atomic E-state index is -0.741. The van der Waals surface area contributed by atoms with E-state index in [-0.39, 0.29) is 16.8 Å². The Morgan fingerprint density at radius 1 is 1.06 bits per heavy atom. The number of aryl methyl sites for hydroxylation is 2. The van der Waals surface area contributed by atoms with E-state index in [1.165, 1.54) is 16.2 Å².